The second kappa shape index (κ2) is 8.15. The van der Waals surface area contributed by atoms with E-state index in [2.05, 4.69) is 15.1 Å². The van der Waals surface area contributed by atoms with Crippen molar-refractivity contribution in [1.29, 1.82) is 0 Å². The second-order valence-electron chi connectivity index (χ2n) is 6.81. The molecule has 0 bridgehead atoms. The van der Waals surface area contributed by atoms with E-state index in [1.165, 1.54) is 6.07 Å². The molecule has 0 spiro atoms. The van der Waals surface area contributed by atoms with E-state index in [0.29, 0.717) is 17.7 Å². The molecule has 1 N–H and O–H groups in total. The van der Waals surface area contributed by atoms with Crippen LogP contribution in [0.25, 0.3) is 11.1 Å². The van der Waals surface area contributed by atoms with Crippen molar-refractivity contribution in [3.05, 3.63) is 32.4 Å². The van der Waals surface area contributed by atoms with E-state index in [-0.39, 0.29) is 42.8 Å². The standard InChI is InChI=1S/C18H20F3N3O4/c1-2-3-4-10-9-13(25)27-16-14(10)15(26)22-17(23-16)28-24-12-7-5-11(6-8-12)18(19,20)21/h9,11H,2-8H2,1H3,(H,22,23,26). The molecule has 0 amide bonds. The van der Waals surface area contributed by atoms with Crippen LogP contribution in [0.3, 0.4) is 0 Å². The SMILES string of the molecule is CCCCc1cc(=O)oc2nc(ON=C3CCC(C(F)(F)F)CC3)[nH]c(=O)c12. The number of alkyl halides is 3. The lowest BCUT2D eigenvalue weighted by molar-refractivity contribution is -0.178. The zero-order valence-electron chi connectivity index (χ0n) is 15.3. The van der Waals surface area contributed by atoms with Gasteiger partial charge in [-0.3, -0.25) is 9.78 Å². The van der Waals surface area contributed by atoms with Crippen molar-refractivity contribution in [1.82, 2.24) is 9.97 Å². The van der Waals surface area contributed by atoms with Gasteiger partial charge in [0.05, 0.1) is 11.6 Å². The van der Waals surface area contributed by atoms with Crippen molar-refractivity contribution in [3.63, 3.8) is 0 Å². The molecule has 3 rings (SSSR count). The second-order valence-corrected chi connectivity index (χ2v) is 6.81. The molecule has 0 aliphatic heterocycles. The highest BCUT2D eigenvalue weighted by Gasteiger charge is 2.40. The van der Waals surface area contributed by atoms with Crippen LogP contribution in [0.2, 0.25) is 0 Å². The van der Waals surface area contributed by atoms with Crippen molar-refractivity contribution < 1.29 is 22.4 Å². The molecule has 0 unspecified atom stereocenters. The Bertz CT molecular complexity index is 984. The zero-order valence-corrected chi connectivity index (χ0v) is 15.3. The number of H-pyrrole nitrogens is 1. The summed E-state index contributed by atoms with van der Waals surface area (Å²) in [5.41, 5.74) is -0.305. The van der Waals surface area contributed by atoms with E-state index in [4.69, 9.17) is 9.25 Å². The van der Waals surface area contributed by atoms with Gasteiger partial charge >= 0.3 is 17.8 Å². The zero-order chi connectivity index (χ0) is 20.3. The maximum absolute atomic E-state index is 12.7. The Morgan fingerprint density at radius 3 is 2.68 bits per heavy atom. The number of nitrogens with zero attached hydrogens (tertiary/aromatic N) is 2. The first-order valence-electron chi connectivity index (χ1n) is 9.14. The first-order valence-corrected chi connectivity index (χ1v) is 9.14. The van der Waals surface area contributed by atoms with Crippen molar-refractivity contribution in [2.45, 2.75) is 58.0 Å². The van der Waals surface area contributed by atoms with Gasteiger partial charge in [0.25, 0.3) is 5.56 Å². The normalized spacial score (nSPS) is 17.7. The number of rotatable bonds is 5. The maximum atomic E-state index is 12.7. The van der Waals surface area contributed by atoms with Gasteiger partial charge in [0.2, 0.25) is 5.71 Å². The third-order valence-electron chi connectivity index (χ3n) is 4.76. The van der Waals surface area contributed by atoms with Gasteiger partial charge in [0, 0.05) is 6.07 Å². The Morgan fingerprint density at radius 1 is 1.32 bits per heavy atom. The highest BCUT2D eigenvalue weighted by Crippen LogP contribution is 2.36. The quantitative estimate of drug-likeness (QED) is 0.773. The van der Waals surface area contributed by atoms with Crippen molar-refractivity contribution in [2.75, 3.05) is 0 Å². The fraction of sp³-hybridized carbons (Fsp3) is 0.556. The highest BCUT2D eigenvalue weighted by atomic mass is 19.4. The molecule has 0 radical (unpaired) electrons. The third-order valence-corrected chi connectivity index (χ3v) is 4.76. The molecule has 1 aliphatic rings. The summed E-state index contributed by atoms with van der Waals surface area (Å²) in [5, 5.41) is 3.99. The van der Waals surface area contributed by atoms with E-state index in [1.807, 2.05) is 6.92 Å². The molecule has 0 atom stereocenters. The van der Waals surface area contributed by atoms with E-state index >= 15 is 0 Å². The Labute approximate surface area is 157 Å². The molecule has 0 saturated heterocycles. The van der Waals surface area contributed by atoms with Gasteiger partial charge in [-0.05, 0) is 44.1 Å². The number of halogens is 3. The number of aromatic nitrogens is 2. The van der Waals surface area contributed by atoms with Crippen LogP contribution in [-0.4, -0.2) is 21.9 Å². The average molecular weight is 399 g/mol. The van der Waals surface area contributed by atoms with Crippen molar-refractivity contribution in [2.24, 2.45) is 11.1 Å². The minimum Gasteiger partial charge on any atom is -0.403 e. The predicted octanol–water partition coefficient (Wildman–Crippen LogP) is 3.71. The van der Waals surface area contributed by atoms with Crippen LogP contribution < -0.4 is 16.0 Å². The van der Waals surface area contributed by atoms with Crippen LogP contribution in [0.1, 0.15) is 51.0 Å². The molecule has 10 heteroatoms. The largest absolute Gasteiger partial charge is 0.403 e. The fourth-order valence-electron chi connectivity index (χ4n) is 3.21. The summed E-state index contributed by atoms with van der Waals surface area (Å²) in [6, 6.07) is 0.994. The van der Waals surface area contributed by atoms with Crippen LogP contribution >= 0.6 is 0 Å². The van der Waals surface area contributed by atoms with Gasteiger partial charge in [0.1, 0.15) is 5.39 Å². The lowest BCUT2D eigenvalue weighted by atomic mass is 9.87. The number of fused-ring (bicyclic) bond motifs is 1. The molecule has 2 aromatic heterocycles. The minimum atomic E-state index is -4.20. The molecule has 2 heterocycles. The van der Waals surface area contributed by atoms with Gasteiger partial charge < -0.3 is 9.25 Å². The highest BCUT2D eigenvalue weighted by molar-refractivity contribution is 5.84. The van der Waals surface area contributed by atoms with Crippen molar-refractivity contribution >= 4 is 16.8 Å². The van der Waals surface area contributed by atoms with Crippen LogP contribution in [0.4, 0.5) is 13.2 Å². The Morgan fingerprint density at radius 2 is 2.04 bits per heavy atom. The van der Waals surface area contributed by atoms with Crippen molar-refractivity contribution in [3.8, 4) is 6.01 Å². The van der Waals surface area contributed by atoms with Gasteiger partial charge in [-0.1, -0.05) is 18.5 Å². The van der Waals surface area contributed by atoms with E-state index in [1.54, 1.807) is 0 Å². The first-order chi connectivity index (χ1) is 13.3. The summed E-state index contributed by atoms with van der Waals surface area (Å²) >= 11 is 0. The smallest absolute Gasteiger partial charge is 0.391 e. The molecular weight excluding hydrogens is 379 g/mol. The van der Waals surface area contributed by atoms with E-state index in [9.17, 15) is 22.8 Å². The molecule has 7 nitrogen and oxygen atoms in total. The summed E-state index contributed by atoms with van der Waals surface area (Å²) in [6.45, 7) is 1.99. The Kier molecular flexibility index (Phi) is 5.85. The molecule has 1 fully saturated rings. The number of unbranched alkanes of at least 4 members (excludes halogenated alkanes) is 1. The van der Waals surface area contributed by atoms with Gasteiger partial charge in [-0.2, -0.15) is 18.2 Å². The van der Waals surface area contributed by atoms with Crippen LogP contribution in [0.5, 0.6) is 6.01 Å². The van der Waals surface area contributed by atoms with Gasteiger partial charge in [-0.15, -0.1) is 0 Å². The molecular formula is C18H20F3N3O4. The lowest BCUT2D eigenvalue weighted by Gasteiger charge is -2.24. The number of hydrogen-bond donors (Lipinski definition) is 1. The molecule has 1 aliphatic carbocycles. The lowest BCUT2D eigenvalue weighted by Crippen LogP contribution is -2.28. The monoisotopic (exact) mass is 399 g/mol. The first kappa shape index (κ1) is 20.1. The number of nitrogens with one attached hydrogen (secondary N) is 1. The molecule has 28 heavy (non-hydrogen) atoms. The van der Waals surface area contributed by atoms with Crippen LogP contribution in [0.15, 0.2) is 25.2 Å². The Hall–Kier alpha value is -2.65. The molecule has 2 aromatic rings. The number of aromatic amines is 1. The molecule has 1 saturated carbocycles. The third kappa shape index (κ3) is 4.60. The maximum Gasteiger partial charge on any atom is 0.391 e. The predicted molar refractivity (Wildman–Crippen MR) is 95.6 cm³/mol. The van der Waals surface area contributed by atoms with Gasteiger partial charge in [-0.25, -0.2) is 4.79 Å². The average Bonchev–Trinajstić information content (AvgIpc) is 2.63. The minimum absolute atomic E-state index is 0.0526. The molecule has 152 valence electrons. The van der Waals surface area contributed by atoms with Gasteiger partial charge in [0.15, 0.2) is 0 Å². The molecule has 0 aromatic carbocycles. The number of aryl methyl sites for hydroxylation is 1. The summed E-state index contributed by atoms with van der Waals surface area (Å²) in [4.78, 5) is 35.6. The van der Waals surface area contributed by atoms with Crippen LogP contribution in [0, 0.1) is 5.92 Å². The fourth-order valence-corrected chi connectivity index (χ4v) is 3.21. The summed E-state index contributed by atoms with van der Waals surface area (Å²) in [5.74, 6) is -1.33. The summed E-state index contributed by atoms with van der Waals surface area (Å²) in [7, 11) is 0. The summed E-state index contributed by atoms with van der Waals surface area (Å²) in [6.07, 6.45) is -1.79. The van der Waals surface area contributed by atoms with E-state index in [0.717, 1.165) is 12.8 Å². The number of hydrogen-bond acceptors (Lipinski definition) is 6. The van der Waals surface area contributed by atoms with E-state index < -0.39 is 23.3 Å². The topological polar surface area (TPSA) is 97.5 Å². The summed E-state index contributed by atoms with van der Waals surface area (Å²) < 4.78 is 43.1. The van der Waals surface area contributed by atoms with Crippen LogP contribution in [-0.2, 0) is 6.42 Å². The Balaban J connectivity index is 1.80. The number of oxime groups is 1.